The second kappa shape index (κ2) is 6.83. The third kappa shape index (κ3) is 3.79. The van der Waals surface area contributed by atoms with E-state index in [1.165, 1.54) is 0 Å². The lowest BCUT2D eigenvalue weighted by Crippen LogP contribution is -2.22. The molecule has 22 heavy (non-hydrogen) atoms. The average Bonchev–Trinajstić information content (AvgIpc) is 2.48. The molecule has 0 aliphatic carbocycles. The molecule has 0 aromatic heterocycles. The summed E-state index contributed by atoms with van der Waals surface area (Å²) >= 11 is 3.34. The summed E-state index contributed by atoms with van der Waals surface area (Å²) in [4.78, 5) is 11.8. The number of anilines is 2. The van der Waals surface area contributed by atoms with Crippen molar-refractivity contribution in [3.63, 3.8) is 0 Å². The number of halogens is 4. The van der Waals surface area contributed by atoms with Crippen molar-refractivity contribution in [3.05, 3.63) is 57.8 Å². The van der Waals surface area contributed by atoms with Gasteiger partial charge < -0.3 is 10.6 Å². The Balaban J connectivity index is 1.98. The van der Waals surface area contributed by atoms with E-state index < -0.39 is 23.4 Å². The Labute approximate surface area is 133 Å². The van der Waals surface area contributed by atoms with Crippen LogP contribution in [0.3, 0.4) is 0 Å². The molecule has 0 bridgehead atoms. The van der Waals surface area contributed by atoms with Gasteiger partial charge in [-0.3, -0.25) is 4.79 Å². The van der Waals surface area contributed by atoms with Gasteiger partial charge in [0, 0.05) is 10.2 Å². The van der Waals surface area contributed by atoms with Gasteiger partial charge in [-0.1, -0.05) is 22.0 Å². The van der Waals surface area contributed by atoms with Crippen molar-refractivity contribution in [1.29, 1.82) is 0 Å². The first-order valence-electron chi connectivity index (χ1n) is 6.32. The van der Waals surface area contributed by atoms with Gasteiger partial charge in [0.25, 0.3) is 0 Å². The fraction of sp³-hybridized carbons (Fsp3) is 0.133. The fourth-order valence-electron chi connectivity index (χ4n) is 1.71. The molecule has 0 atom stereocenters. The third-order valence-electron chi connectivity index (χ3n) is 2.93. The van der Waals surface area contributed by atoms with Gasteiger partial charge in [-0.05, 0) is 36.8 Å². The molecule has 1 amide bonds. The molecule has 2 N–H and O–H groups in total. The number of amides is 1. The maximum Gasteiger partial charge on any atom is 0.243 e. The highest BCUT2D eigenvalue weighted by Crippen LogP contribution is 2.21. The molecule has 0 fully saturated rings. The normalized spacial score (nSPS) is 10.4. The lowest BCUT2D eigenvalue weighted by atomic mass is 10.2. The standard InChI is InChI=1S/C15H12BrF3N2O/c1-8-2-3-9(6-10(8)16)21-13(22)7-20-12-5-4-11(17)14(18)15(12)19/h2-6,20H,7H2,1H3,(H,21,22). The van der Waals surface area contributed by atoms with Crippen LogP contribution >= 0.6 is 15.9 Å². The molecule has 0 saturated carbocycles. The summed E-state index contributed by atoms with van der Waals surface area (Å²) in [6, 6.07) is 7.09. The van der Waals surface area contributed by atoms with Crippen LogP contribution in [-0.2, 0) is 4.79 Å². The van der Waals surface area contributed by atoms with Gasteiger partial charge >= 0.3 is 0 Å². The lowest BCUT2D eigenvalue weighted by molar-refractivity contribution is -0.114. The van der Waals surface area contributed by atoms with E-state index in [9.17, 15) is 18.0 Å². The van der Waals surface area contributed by atoms with Crippen LogP contribution in [0.15, 0.2) is 34.8 Å². The highest BCUT2D eigenvalue weighted by atomic mass is 79.9. The van der Waals surface area contributed by atoms with E-state index in [-0.39, 0.29) is 12.2 Å². The second-order valence-electron chi connectivity index (χ2n) is 4.59. The van der Waals surface area contributed by atoms with E-state index in [0.717, 1.165) is 22.2 Å². The monoisotopic (exact) mass is 372 g/mol. The van der Waals surface area contributed by atoms with Gasteiger partial charge in [0.15, 0.2) is 17.5 Å². The zero-order valence-corrected chi connectivity index (χ0v) is 13.1. The Morgan fingerprint density at radius 3 is 2.55 bits per heavy atom. The Bertz CT molecular complexity index is 722. The molecule has 0 spiro atoms. The zero-order chi connectivity index (χ0) is 16.3. The van der Waals surface area contributed by atoms with Crippen molar-refractivity contribution in [1.82, 2.24) is 0 Å². The largest absolute Gasteiger partial charge is 0.374 e. The van der Waals surface area contributed by atoms with E-state index >= 15 is 0 Å². The Kier molecular flexibility index (Phi) is 5.07. The van der Waals surface area contributed by atoms with Crippen LogP contribution < -0.4 is 10.6 Å². The van der Waals surface area contributed by atoms with E-state index in [4.69, 9.17) is 0 Å². The summed E-state index contributed by atoms with van der Waals surface area (Å²) < 4.78 is 40.1. The quantitative estimate of drug-likeness (QED) is 0.788. The van der Waals surface area contributed by atoms with Crippen molar-refractivity contribution < 1.29 is 18.0 Å². The van der Waals surface area contributed by atoms with Gasteiger partial charge in [0.1, 0.15) is 0 Å². The molecule has 0 saturated heterocycles. The van der Waals surface area contributed by atoms with Crippen molar-refractivity contribution in [2.45, 2.75) is 6.92 Å². The molecule has 2 rings (SSSR count). The molecule has 0 aliphatic heterocycles. The van der Waals surface area contributed by atoms with Crippen LogP contribution in [0.25, 0.3) is 0 Å². The number of aryl methyl sites for hydroxylation is 1. The third-order valence-corrected chi connectivity index (χ3v) is 3.78. The Morgan fingerprint density at radius 2 is 1.86 bits per heavy atom. The molecule has 0 aliphatic rings. The Morgan fingerprint density at radius 1 is 1.14 bits per heavy atom. The van der Waals surface area contributed by atoms with Crippen LogP contribution in [0.4, 0.5) is 24.5 Å². The van der Waals surface area contributed by atoms with Crippen molar-refractivity contribution in [2.24, 2.45) is 0 Å². The molecule has 0 radical (unpaired) electrons. The highest BCUT2D eigenvalue weighted by molar-refractivity contribution is 9.10. The van der Waals surface area contributed by atoms with Crippen LogP contribution in [0.2, 0.25) is 0 Å². The first kappa shape index (κ1) is 16.4. The minimum absolute atomic E-state index is 0.279. The average molecular weight is 373 g/mol. The van der Waals surface area contributed by atoms with E-state index in [2.05, 4.69) is 26.6 Å². The Hall–Kier alpha value is -2.02. The van der Waals surface area contributed by atoms with Crippen molar-refractivity contribution >= 4 is 33.2 Å². The van der Waals surface area contributed by atoms with Gasteiger partial charge in [0.05, 0.1) is 12.2 Å². The molecule has 0 unspecified atom stereocenters. The van der Waals surface area contributed by atoms with Gasteiger partial charge in [-0.2, -0.15) is 0 Å². The maximum absolute atomic E-state index is 13.4. The van der Waals surface area contributed by atoms with E-state index in [0.29, 0.717) is 5.69 Å². The van der Waals surface area contributed by atoms with Crippen LogP contribution in [0.5, 0.6) is 0 Å². The summed E-state index contributed by atoms with van der Waals surface area (Å²) in [5, 5.41) is 5.03. The molecule has 0 heterocycles. The molecular weight excluding hydrogens is 361 g/mol. The highest BCUT2D eigenvalue weighted by Gasteiger charge is 2.14. The van der Waals surface area contributed by atoms with Gasteiger partial charge in [-0.25, -0.2) is 13.2 Å². The van der Waals surface area contributed by atoms with Crippen LogP contribution in [-0.4, -0.2) is 12.5 Å². The number of hydrogen-bond donors (Lipinski definition) is 2. The van der Waals surface area contributed by atoms with Gasteiger partial charge in [0.2, 0.25) is 5.91 Å². The molecule has 2 aromatic carbocycles. The number of carbonyl (C=O) groups is 1. The number of hydrogen-bond acceptors (Lipinski definition) is 2. The molecular formula is C15H12BrF3N2O. The predicted octanol–water partition coefficient (Wildman–Crippen LogP) is 4.23. The summed E-state index contributed by atoms with van der Waals surface area (Å²) in [7, 11) is 0. The summed E-state index contributed by atoms with van der Waals surface area (Å²) in [5.41, 5.74) is 1.30. The first-order chi connectivity index (χ1) is 10.4. The van der Waals surface area contributed by atoms with Gasteiger partial charge in [-0.15, -0.1) is 0 Å². The summed E-state index contributed by atoms with van der Waals surface area (Å²) in [6.07, 6.45) is 0. The van der Waals surface area contributed by atoms with Crippen LogP contribution in [0, 0.1) is 24.4 Å². The molecule has 116 valence electrons. The van der Waals surface area contributed by atoms with E-state index in [1.807, 2.05) is 13.0 Å². The smallest absolute Gasteiger partial charge is 0.243 e. The van der Waals surface area contributed by atoms with Crippen LogP contribution in [0.1, 0.15) is 5.56 Å². The molecule has 3 nitrogen and oxygen atoms in total. The zero-order valence-electron chi connectivity index (χ0n) is 11.5. The predicted molar refractivity (Wildman–Crippen MR) is 82.3 cm³/mol. The first-order valence-corrected chi connectivity index (χ1v) is 7.11. The maximum atomic E-state index is 13.4. The second-order valence-corrected chi connectivity index (χ2v) is 5.44. The number of rotatable bonds is 4. The number of nitrogens with one attached hydrogen (secondary N) is 2. The van der Waals surface area contributed by atoms with E-state index in [1.54, 1.807) is 12.1 Å². The number of benzene rings is 2. The lowest BCUT2D eigenvalue weighted by Gasteiger charge is -2.10. The summed E-state index contributed by atoms with van der Waals surface area (Å²) in [6.45, 7) is 1.62. The number of carbonyl (C=O) groups excluding carboxylic acids is 1. The van der Waals surface area contributed by atoms with Crippen molar-refractivity contribution in [2.75, 3.05) is 17.2 Å². The summed E-state index contributed by atoms with van der Waals surface area (Å²) in [5.74, 6) is -4.66. The molecule has 2 aromatic rings. The molecule has 7 heteroatoms. The SMILES string of the molecule is Cc1ccc(NC(=O)CNc2ccc(F)c(F)c2F)cc1Br. The minimum Gasteiger partial charge on any atom is -0.374 e. The minimum atomic E-state index is -1.58. The fourth-order valence-corrected chi connectivity index (χ4v) is 2.09. The van der Waals surface area contributed by atoms with Crippen molar-refractivity contribution in [3.8, 4) is 0 Å². The topological polar surface area (TPSA) is 41.1 Å².